The second-order valence-corrected chi connectivity index (χ2v) is 10.4. The number of carbonyl (C=O) groups is 2. The molecule has 0 unspecified atom stereocenters. The number of halogens is 1. The summed E-state index contributed by atoms with van der Waals surface area (Å²) >= 11 is 6.48. The third-order valence-electron chi connectivity index (χ3n) is 6.37. The molecule has 3 aromatic rings. The Labute approximate surface area is 225 Å². The van der Waals surface area contributed by atoms with Gasteiger partial charge in [0.25, 0.3) is 5.91 Å². The van der Waals surface area contributed by atoms with Crippen molar-refractivity contribution >= 4 is 23.4 Å². The zero-order chi connectivity index (χ0) is 26.9. The molecular weight excluding hydrogens is 484 g/mol. The molecule has 0 aliphatic rings. The summed E-state index contributed by atoms with van der Waals surface area (Å²) < 4.78 is 6.03. The van der Waals surface area contributed by atoms with Crippen LogP contribution in [0.15, 0.2) is 66.7 Å². The second-order valence-electron chi connectivity index (χ2n) is 9.95. The van der Waals surface area contributed by atoms with Crippen molar-refractivity contribution in [1.82, 2.24) is 10.2 Å². The minimum Gasteiger partial charge on any atom is -0.483 e. The predicted molar refractivity (Wildman–Crippen MR) is 150 cm³/mol. The molecular formula is C31H37ClN2O3. The molecule has 0 aliphatic carbocycles. The molecule has 37 heavy (non-hydrogen) atoms. The largest absolute Gasteiger partial charge is 0.483 e. The number of hydrogen-bond donors (Lipinski definition) is 1. The summed E-state index contributed by atoms with van der Waals surface area (Å²) in [5, 5.41) is 3.58. The van der Waals surface area contributed by atoms with Crippen molar-refractivity contribution in [3.05, 3.63) is 99.6 Å². The minimum atomic E-state index is -0.728. The topological polar surface area (TPSA) is 58.6 Å². The maximum Gasteiger partial charge on any atom is 0.261 e. The van der Waals surface area contributed by atoms with Gasteiger partial charge in [0.1, 0.15) is 11.8 Å². The molecule has 1 N–H and O–H groups in total. The lowest BCUT2D eigenvalue weighted by Gasteiger charge is -2.32. The SMILES string of the molecule is Cc1cc(C)c(C)c(OCC(=O)N(Cc2ccccc2Cl)[C@H](Cc2ccccc2)C(=O)NCC(C)C)c1. The lowest BCUT2D eigenvalue weighted by molar-refractivity contribution is -0.142. The monoisotopic (exact) mass is 520 g/mol. The van der Waals surface area contributed by atoms with E-state index in [0.717, 1.165) is 27.8 Å². The molecule has 0 saturated carbocycles. The molecule has 2 amide bonds. The Morgan fingerprint density at radius 2 is 1.65 bits per heavy atom. The number of rotatable bonds is 11. The van der Waals surface area contributed by atoms with E-state index in [4.69, 9.17) is 16.3 Å². The minimum absolute atomic E-state index is 0.184. The summed E-state index contributed by atoms with van der Waals surface area (Å²) in [4.78, 5) is 28.9. The summed E-state index contributed by atoms with van der Waals surface area (Å²) in [6.07, 6.45) is 0.379. The number of nitrogens with zero attached hydrogens (tertiary/aromatic N) is 1. The van der Waals surface area contributed by atoms with Gasteiger partial charge < -0.3 is 15.0 Å². The highest BCUT2D eigenvalue weighted by atomic mass is 35.5. The summed E-state index contributed by atoms with van der Waals surface area (Å²) in [5.74, 6) is 0.483. The van der Waals surface area contributed by atoms with Crippen LogP contribution < -0.4 is 10.1 Å². The molecule has 0 saturated heterocycles. The van der Waals surface area contributed by atoms with Gasteiger partial charge in [0, 0.05) is 24.5 Å². The van der Waals surface area contributed by atoms with Gasteiger partial charge in [-0.25, -0.2) is 0 Å². The van der Waals surface area contributed by atoms with Crippen molar-refractivity contribution in [2.75, 3.05) is 13.2 Å². The molecule has 0 radical (unpaired) electrons. The summed E-state index contributed by atoms with van der Waals surface area (Å²) in [7, 11) is 0. The molecule has 0 fully saturated rings. The number of aryl methyl sites for hydroxylation is 2. The third kappa shape index (κ3) is 8.09. The second kappa shape index (κ2) is 13.3. The highest BCUT2D eigenvalue weighted by Crippen LogP contribution is 2.24. The number of carbonyl (C=O) groups excluding carboxylic acids is 2. The normalized spacial score (nSPS) is 11.8. The van der Waals surface area contributed by atoms with E-state index < -0.39 is 6.04 Å². The van der Waals surface area contributed by atoms with E-state index >= 15 is 0 Å². The van der Waals surface area contributed by atoms with E-state index in [1.54, 1.807) is 11.0 Å². The molecule has 3 rings (SSSR count). The molecule has 196 valence electrons. The lowest BCUT2D eigenvalue weighted by atomic mass is 10.0. The zero-order valence-electron chi connectivity index (χ0n) is 22.4. The number of nitrogens with one attached hydrogen (secondary N) is 1. The van der Waals surface area contributed by atoms with E-state index in [-0.39, 0.29) is 30.9 Å². The average molecular weight is 521 g/mol. The molecule has 0 aromatic heterocycles. The Kier molecular flexibility index (Phi) is 10.2. The first-order chi connectivity index (χ1) is 17.7. The van der Waals surface area contributed by atoms with Gasteiger partial charge >= 0.3 is 0 Å². The van der Waals surface area contributed by atoms with Crippen molar-refractivity contribution in [3.8, 4) is 5.75 Å². The Bertz CT molecular complexity index is 1210. The first kappa shape index (κ1) is 28.3. The molecule has 0 heterocycles. The van der Waals surface area contributed by atoms with Crippen LogP contribution in [-0.2, 0) is 22.6 Å². The van der Waals surface area contributed by atoms with Gasteiger partial charge in [0.2, 0.25) is 5.91 Å². The maximum atomic E-state index is 13.8. The number of ether oxygens (including phenoxy) is 1. The smallest absolute Gasteiger partial charge is 0.261 e. The van der Waals surface area contributed by atoms with E-state index in [2.05, 4.69) is 11.4 Å². The fraction of sp³-hybridized carbons (Fsp3) is 0.355. The van der Waals surface area contributed by atoms with Crippen molar-refractivity contribution in [3.63, 3.8) is 0 Å². The number of amides is 2. The molecule has 0 bridgehead atoms. The van der Waals surface area contributed by atoms with Crippen LogP contribution in [0.25, 0.3) is 0 Å². The van der Waals surface area contributed by atoms with Gasteiger partial charge in [0.15, 0.2) is 6.61 Å². The van der Waals surface area contributed by atoms with E-state index in [1.165, 1.54) is 0 Å². The van der Waals surface area contributed by atoms with E-state index in [9.17, 15) is 9.59 Å². The lowest BCUT2D eigenvalue weighted by Crippen LogP contribution is -2.52. The molecule has 0 aliphatic heterocycles. The Morgan fingerprint density at radius 1 is 0.973 bits per heavy atom. The van der Waals surface area contributed by atoms with Crippen molar-refractivity contribution in [1.29, 1.82) is 0 Å². The van der Waals surface area contributed by atoms with Gasteiger partial charge in [0.05, 0.1) is 0 Å². The van der Waals surface area contributed by atoms with Gasteiger partial charge in [-0.15, -0.1) is 0 Å². The van der Waals surface area contributed by atoms with Crippen LogP contribution in [0.3, 0.4) is 0 Å². The van der Waals surface area contributed by atoms with Crippen LogP contribution in [0.5, 0.6) is 5.75 Å². The molecule has 6 heteroatoms. The van der Waals surface area contributed by atoms with Crippen LogP contribution >= 0.6 is 11.6 Å². The summed E-state index contributed by atoms with van der Waals surface area (Å²) in [6, 6.07) is 20.4. The molecule has 0 spiro atoms. The first-order valence-corrected chi connectivity index (χ1v) is 13.1. The van der Waals surface area contributed by atoms with Gasteiger partial charge in [-0.2, -0.15) is 0 Å². The maximum absolute atomic E-state index is 13.8. The highest BCUT2D eigenvalue weighted by molar-refractivity contribution is 6.31. The average Bonchev–Trinajstić information content (AvgIpc) is 2.87. The standard InChI is InChI=1S/C31H37ClN2O3/c1-21(2)18-33-31(36)28(17-25-11-7-6-8-12-25)34(19-26-13-9-10-14-27(26)32)30(35)20-37-29-16-22(3)15-23(4)24(29)5/h6-16,21,28H,17-20H2,1-5H3,(H,33,36)/t28-/m1/s1. The summed E-state index contributed by atoms with van der Waals surface area (Å²) in [5.41, 5.74) is 4.90. The van der Waals surface area contributed by atoms with Gasteiger partial charge in [-0.3, -0.25) is 9.59 Å². The fourth-order valence-electron chi connectivity index (χ4n) is 4.16. The van der Waals surface area contributed by atoms with Crippen LogP contribution in [0, 0.1) is 26.7 Å². The number of hydrogen-bond acceptors (Lipinski definition) is 3. The third-order valence-corrected chi connectivity index (χ3v) is 6.74. The summed E-state index contributed by atoms with van der Waals surface area (Å²) in [6.45, 7) is 10.6. The fourth-order valence-corrected chi connectivity index (χ4v) is 4.36. The Morgan fingerprint density at radius 3 is 2.32 bits per heavy atom. The molecule has 5 nitrogen and oxygen atoms in total. The Balaban J connectivity index is 1.94. The van der Waals surface area contributed by atoms with Gasteiger partial charge in [-0.05, 0) is 66.6 Å². The molecule has 1 atom stereocenters. The predicted octanol–water partition coefficient (Wildman–Crippen LogP) is 6.06. The van der Waals surface area contributed by atoms with E-state index in [1.807, 2.05) is 89.2 Å². The van der Waals surface area contributed by atoms with Crippen LogP contribution in [0.1, 0.15) is 41.7 Å². The Hall–Kier alpha value is -3.31. The zero-order valence-corrected chi connectivity index (χ0v) is 23.1. The van der Waals surface area contributed by atoms with Crippen molar-refractivity contribution in [2.45, 2.75) is 53.6 Å². The van der Waals surface area contributed by atoms with Crippen LogP contribution in [0.4, 0.5) is 0 Å². The first-order valence-electron chi connectivity index (χ1n) is 12.7. The quantitative estimate of drug-likeness (QED) is 0.334. The van der Waals surface area contributed by atoms with Crippen molar-refractivity contribution in [2.24, 2.45) is 5.92 Å². The molecule has 3 aromatic carbocycles. The van der Waals surface area contributed by atoms with E-state index in [0.29, 0.717) is 23.7 Å². The number of benzene rings is 3. The van der Waals surface area contributed by atoms with Crippen LogP contribution in [0.2, 0.25) is 5.02 Å². The highest BCUT2D eigenvalue weighted by Gasteiger charge is 2.31. The van der Waals surface area contributed by atoms with Crippen molar-refractivity contribution < 1.29 is 14.3 Å². The van der Waals surface area contributed by atoms with Gasteiger partial charge in [-0.1, -0.05) is 80.0 Å². The van der Waals surface area contributed by atoms with Crippen LogP contribution in [-0.4, -0.2) is 35.9 Å².